The third-order valence-corrected chi connectivity index (χ3v) is 7.13. The molecule has 0 aromatic heterocycles. The van der Waals surface area contributed by atoms with Gasteiger partial charge in [-0.1, -0.05) is 29.3 Å². The summed E-state index contributed by atoms with van der Waals surface area (Å²) in [6, 6.07) is 5.05. The summed E-state index contributed by atoms with van der Waals surface area (Å²) < 4.78 is 27.2. The second-order valence-corrected chi connectivity index (χ2v) is 8.33. The Morgan fingerprint density at radius 1 is 1.09 bits per heavy atom. The fraction of sp³-hybridized carbons (Fsp3) is 0.571. The zero-order valence-corrected chi connectivity index (χ0v) is 14.5. The standard InChI is InChI=1S/C14H19Cl2N3O2S/c15-12-2-1-3-13(16)14(12)22(20,21)19-7-4-11(10-19)18-8-5-17-6-9-18/h1-3,11,17H,4-10H2. The molecule has 1 aromatic rings. The molecule has 0 bridgehead atoms. The van der Waals surface area contributed by atoms with E-state index in [1.165, 1.54) is 4.31 Å². The second-order valence-electron chi connectivity index (χ2n) is 5.64. The molecule has 0 saturated carbocycles. The van der Waals surface area contributed by atoms with Crippen molar-refractivity contribution in [2.24, 2.45) is 0 Å². The molecule has 1 N–H and O–H groups in total. The van der Waals surface area contributed by atoms with Gasteiger partial charge in [-0.3, -0.25) is 4.90 Å². The molecule has 5 nitrogen and oxygen atoms in total. The molecule has 1 atom stereocenters. The maximum absolute atomic E-state index is 12.8. The van der Waals surface area contributed by atoms with Crippen molar-refractivity contribution >= 4 is 33.2 Å². The van der Waals surface area contributed by atoms with Gasteiger partial charge in [-0.15, -0.1) is 0 Å². The van der Waals surface area contributed by atoms with Gasteiger partial charge >= 0.3 is 0 Å². The fourth-order valence-corrected chi connectivity index (χ4v) is 5.72. The van der Waals surface area contributed by atoms with Crippen LogP contribution in [0.1, 0.15) is 6.42 Å². The van der Waals surface area contributed by atoms with Gasteiger partial charge in [0.25, 0.3) is 0 Å². The van der Waals surface area contributed by atoms with Gasteiger partial charge in [-0.05, 0) is 18.6 Å². The number of rotatable bonds is 3. The van der Waals surface area contributed by atoms with E-state index in [9.17, 15) is 8.42 Å². The van der Waals surface area contributed by atoms with Gasteiger partial charge in [0.05, 0.1) is 10.0 Å². The third-order valence-electron chi connectivity index (χ3n) is 4.31. The molecule has 1 unspecified atom stereocenters. The van der Waals surface area contributed by atoms with Gasteiger partial charge in [0.1, 0.15) is 4.90 Å². The minimum atomic E-state index is -3.64. The van der Waals surface area contributed by atoms with E-state index in [-0.39, 0.29) is 21.0 Å². The predicted molar refractivity (Wildman–Crippen MR) is 88.1 cm³/mol. The first-order valence-corrected chi connectivity index (χ1v) is 9.58. The van der Waals surface area contributed by atoms with Gasteiger partial charge in [0.2, 0.25) is 10.0 Å². The number of sulfonamides is 1. The Labute approximate surface area is 141 Å². The van der Waals surface area contributed by atoms with Gasteiger partial charge < -0.3 is 5.32 Å². The molecule has 2 fully saturated rings. The van der Waals surface area contributed by atoms with E-state index in [1.807, 2.05) is 0 Å². The molecule has 0 amide bonds. The van der Waals surface area contributed by atoms with Crippen LogP contribution in [0.15, 0.2) is 23.1 Å². The Hall–Kier alpha value is -0.370. The average Bonchev–Trinajstić information content (AvgIpc) is 2.98. The van der Waals surface area contributed by atoms with Crippen molar-refractivity contribution in [2.45, 2.75) is 17.4 Å². The lowest BCUT2D eigenvalue weighted by molar-refractivity contribution is 0.179. The molecule has 2 heterocycles. The summed E-state index contributed by atoms with van der Waals surface area (Å²) in [6.45, 7) is 4.86. The highest BCUT2D eigenvalue weighted by molar-refractivity contribution is 7.89. The number of hydrogen-bond acceptors (Lipinski definition) is 4. The van der Waals surface area contributed by atoms with Crippen LogP contribution in [0.5, 0.6) is 0 Å². The topological polar surface area (TPSA) is 52.7 Å². The van der Waals surface area contributed by atoms with Crippen molar-refractivity contribution in [3.05, 3.63) is 28.2 Å². The van der Waals surface area contributed by atoms with Gasteiger partial charge in [0, 0.05) is 45.3 Å². The van der Waals surface area contributed by atoms with E-state index in [1.54, 1.807) is 18.2 Å². The minimum absolute atomic E-state index is 0.0271. The monoisotopic (exact) mass is 363 g/mol. The van der Waals surface area contributed by atoms with Gasteiger partial charge in [-0.2, -0.15) is 4.31 Å². The van der Waals surface area contributed by atoms with E-state index in [2.05, 4.69) is 10.2 Å². The predicted octanol–water partition coefficient (Wildman–Crippen LogP) is 1.66. The molecule has 2 aliphatic heterocycles. The summed E-state index contributed by atoms with van der Waals surface area (Å²) >= 11 is 12.1. The van der Waals surface area contributed by atoms with Crippen LogP contribution >= 0.6 is 23.2 Å². The molecule has 2 aliphatic rings. The number of nitrogens with zero attached hydrogens (tertiary/aromatic N) is 2. The summed E-state index contributed by atoms with van der Waals surface area (Å²) in [4.78, 5) is 2.39. The van der Waals surface area contributed by atoms with E-state index in [0.717, 1.165) is 32.6 Å². The van der Waals surface area contributed by atoms with Crippen molar-refractivity contribution in [2.75, 3.05) is 39.3 Å². The highest BCUT2D eigenvalue weighted by atomic mass is 35.5. The normalized spacial score (nSPS) is 24.7. The third kappa shape index (κ3) is 3.13. The van der Waals surface area contributed by atoms with Gasteiger partial charge in [-0.25, -0.2) is 8.42 Å². The Balaban J connectivity index is 1.79. The van der Waals surface area contributed by atoms with E-state index >= 15 is 0 Å². The highest BCUT2D eigenvalue weighted by Gasteiger charge is 2.37. The van der Waals surface area contributed by atoms with Crippen LogP contribution in [0.3, 0.4) is 0 Å². The van der Waals surface area contributed by atoms with Crippen LogP contribution in [0, 0.1) is 0 Å². The number of benzene rings is 1. The molecule has 0 radical (unpaired) electrons. The van der Waals surface area contributed by atoms with E-state index < -0.39 is 10.0 Å². The SMILES string of the molecule is O=S(=O)(c1c(Cl)cccc1Cl)N1CCC(N2CCNCC2)C1. The number of nitrogens with one attached hydrogen (secondary N) is 1. The lowest BCUT2D eigenvalue weighted by Crippen LogP contribution is -2.49. The summed E-state index contributed by atoms with van der Waals surface area (Å²) in [7, 11) is -3.64. The zero-order chi connectivity index (χ0) is 15.7. The van der Waals surface area contributed by atoms with E-state index in [0.29, 0.717) is 13.1 Å². The number of halogens is 2. The molecule has 0 spiro atoms. The van der Waals surface area contributed by atoms with Crippen LogP contribution in [0.25, 0.3) is 0 Å². The number of hydrogen-bond donors (Lipinski definition) is 1. The summed E-state index contributed by atoms with van der Waals surface area (Å²) in [6.07, 6.45) is 0.849. The first-order valence-electron chi connectivity index (χ1n) is 7.39. The highest BCUT2D eigenvalue weighted by Crippen LogP contribution is 2.33. The lowest BCUT2D eigenvalue weighted by atomic mass is 10.2. The summed E-state index contributed by atoms with van der Waals surface area (Å²) in [5.74, 6) is 0. The largest absolute Gasteiger partial charge is 0.314 e. The lowest BCUT2D eigenvalue weighted by Gasteiger charge is -2.32. The molecular weight excluding hydrogens is 345 g/mol. The maximum atomic E-state index is 12.8. The minimum Gasteiger partial charge on any atom is -0.314 e. The van der Waals surface area contributed by atoms with Crippen molar-refractivity contribution in [3.63, 3.8) is 0 Å². The van der Waals surface area contributed by atoms with Crippen molar-refractivity contribution in [3.8, 4) is 0 Å². The van der Waals surface area contributed by atoms with Crippen LogP contribution in [0.4, 0.5) is 0 Å². The first-order chi connectivity index (χ1) is 10.5. The smallest absolute Gasteiger partial charge is 0.246 e. The van der Waals surface area contributed by atoms with Crippen molar-refractivity contribution < 1.29 is 8.42 Å². The Kier molecular flexibility index (Phi) is 4.97. The van der Waals surface area contributed by atoms with Crippen LogP contribution in [-0.4, -0.2) is 62.9 Å². The van der Waals surface area contributed by atoms with Crippen molar-refractivity contribution in [1.29, 1.82) is 0 Å². The second kappa shape index (κ2) is 6.63. The molecule has 0 aliphatic carbocycles. The zero-order valence-electron chi connectivity index (χ0n) is 12.1. The molecule has 22 heavy (non-hydrogen) atoms. The van der Waals surface area contributed by atoms with Gasteiger partial charge in [0.15, 0.2) is 0 Å². The molecular formula is C14H19Cl2N3O2S. The van der Waals surface area contributed by atoms with Crippen LogP contribution < -0.4 is 5.32 Å². The molecule has 3 rings (SSSR count). The average molecular weight is 364 g/mol. The Morgan fingerprint density at radius 2 is 1.73 bits per heavy atom. The van der Waals surface area contributed by atoms with E-state index in [4.69, 9.17) is 23.2 Å². The van der Waals surface area contributed by atoms with Crippen LogP contribution in [0.2, 0.25) is 10.0 Å². The maximum Gasteiger partial charge on any atom is 0.246 e. The van der Waals surface area contributed by atoms with Crippen LogP contribution in [-0.2, 0) is 10.0 Å². The molecule has 2 saturated heterocycles. The molecule has 122 valence electrons. The quantitative estimate of drug-likeness (QED) is 0.887. The summed E-state index contributed by atoms with van der Waals surface area (Å²) in [5, 5.41) is 3.67. The Bertz CT molecular complexity index is 627. The summed E-state index contributed by atoms with van der Waals surface area (Å²) in [5.41, 5.74) is 0. The molecule has 8 heteroatoms. The number of piperazine rings is 1. The Morgan fingerprint density at radius 3 is 2.36 bits per heavy atom. The van der Waals surface area contributed by atoms with Crippen molar-refractivity contribution in [1.82, 2.24) is 14.5 Å². The fourth-order valence-electron chi connectivity index (χ4n) is 3.13. The first kappa shape index (κ1) is 16.5. The molecule has 1 aromatic carbocycles.